The molecule has 2 N–H and O–H groups in total. The van der Waals surface area contributed by atoms with Crippen molar-refractivity contribution in [1.29, 1.82) is 0 Å². The van der Waals surface area contributed by atoms with Gasteiger partial charge in [0.2, 0.25) is 0 Å². The van der Waals surface area contributed by atoms with Crippen molar-refractivity contribution in [3.05, 3.63) is 57.9 Å². The molecular weight excluding hydrogens is 411 g/mol. The number of rotatable bonds is 5. The molecule has 160 valence electrons. The highest BCUT2D eigenvalue weighted by Gasteiger charge is 2.26. The predicted octanol–water partition coefficient (Wildman–Crippen LogP) is 2.65. The standard InChI is InChI=1S/C21H24ClFN4O3/c22-16-2-1-14(8-17(16)23)19(11-28)26-21(29)27-5-3-15-9-24-20(25-18(15)10-27)7-13-4-6-30-12-13/h1-2,8-9,13,19,28H,3-7,10-12H2,(H,26,29)/t13?,19-/m1/s1. The highest BCUT2D eigenvalue weighted by atomic mass is 35.5. The Bertz CT molecular complexity index is 923. The molecule has 0 radical (unpaired) electrons. The Morgan fingerprint density at radius 3 is 3.07 bits per heavy atom. The first-order valence-corrected chi connectivity index (χ1v) is 10.4. The summed E-state index contributed by atoms with van der Waals surface area (Å²) in [5.74, 6) is 0.623. The molecule has 1 unspecified atom stereocenters. The fourth-order valence-corrected chi connectivity index (χ4v) is 3.94. The van der Waals surface area contributed by atoms with Gasteiger partial charge in [0.05, 0.1) is 29.9 Å². The Kier molecular flexibility index (Phi) is 6.46. The first-order chi connectivity index (χ1) is 14.5. The molecule has 0 saturated carbocycles. The SMILES string of the molecule is O=C(N[C@H](CO)c1ccc(Cl)c(F)c1)N1CCc2cnc(CC3CCOC3)nc2C1. The number of aliphatic hydroxyl groups excluding tert-OH is 1. The van der Waals surface area contributed by atoms with E-state index in [2.05, 4.69) is 15.3 Å². The van der Waals surface area contributed by atoms with Gasteiger partial charge in [0.25, 0.3) is 0 Å². The molecule has 30 heavy (non-hydrogen) atoms. The van der Waals surface area contributed by atoms with E-state index < -0.39 is 11.9 Å². The summed E-state index contributed by atoms with van der Waals surface area (Å²) in [4.78, 5) is 23.6. The second-order valence-electron chi connectivity index (χ2n) is 7.72. The Labute approximate surface area is 179 Å². The van der Waals surface area contributed by atoms with E-state index >= 15 is 0 Å². The molecule has 2 atom stereocenters. The molecule has 2 aliphatic rings. The molecule has 1 fully saturated rings. The summed E-state index contributed by atoms with van der Waals surface area (Å²) in [6.07, 6.45) is 4.31. The molecule has 4 rings (SSSR count). The van der Waals surface area contributed by atoms with Gasteiger partial charge in [-0.3, -0.25) is 0 Å². The van der Waals surface area contributed by atoms with Crippen LogP contribution in [0.4, 0.5) is 9.18 Å². The number of nitrogens with one attached hydrogen (secondary N) is 1. The van der Waals surface area contributed by atoms with E-state index in [-0.39, 0.29) is 17.7 Å². The van der Waals surface area contributed by atoms with Gasteiger partial charge in [-0.1, -0.05) is 17.7 Å². The van der Waals surface area contributed by atoms with Crippen molar-refractivity contribution in [1.82, 2.24) is 20.2 Å². The number of fused-ring (bicyclic) bond motifs is 1. The minimum Gasteiger partial charge on any atom is -0.394 e. The maximum atomic E-state index is 13.8. The van der Waals surface area contributed by atoms with Crippen LogP contribution in [0, 0.1) is 11.7 Å². The van der Waals surface area contributed by atoms with Gasteiger partial charge >= 0.3 is 6.03 Å². The zero-order valence-corrected chi connectivity index (χ0v) is 17.2. The van der Waals surface area contributed by atoms with Gasteiger partial charge in [0, 0.05) is 32.4 Å². The van der Waals surface area contributed by atoms with Crippen LogP contribution >= 0.6 is 11.6 Å². The average molecular weight is 435 g/mol. The summed E-state index contributed by atoms with van der Waals surface area (Å²) in [5, 5.41) is 12.5. The number of carbonyl (C=O) groups excluding carboxylic acids is 1. The first-order valence-electron chi connectivity index (χ1n) is 10.1. The van der Waals surface area contributed by atoms with Gasteiger partial charge in [0.1, 0.15) is 11.6 Å². The van der Waals surface area contributed by atoms with E-state index in [1.807, 2.05) is 6.20 Å². The number of aliphatic hydroxyl groups is 1. The topological polar surface area (TPSA) is 87.6 Å². The summed E-state index contributed by atoms with van der Waals surface area (Å²) in [7, 11) is 0. The van der Waals surface area contributed by atoms with E-state index in [0.717, 1.165) is 43.1 Å². The van der Waals surface area contributed by atoms with Gasteiger partial charge in [-0.25, -0.2) is 19.2 Å². The number of hydrogen-bond acceptors (Lipinski definition) is 5. The van der Waals surface area contributed by atoms with Crippen LogP contribution in [-0.2, 0) is 24.1 Å². The van der Waals surface area contributed by atoms with E-state index in [0.29, 0.717) is 31.0 Å². The molecule has 2 amide bonds. The van der Waals surface area contributed by atoms with Gasteiger partial charge < -0.3 is 20.1 Å². The number of aromatic nitrogens is 2. The number of benzene rings is 1. The van der Waals surface area contributed by atoms with E-state index in [4.69, 9.17) is 16.3 Å². The van der Waals surface area contributed by atoms with E-state index in [1.165, 1.54) is 12.1 Å². The number of hydrogen-bond donors (Lipinski definition) is 2. The van der Waals surface area contributed by atoms with Crippen molar-refractivity contribution < 1.29 is 19.0 Å². The molecule has 7 nitrogen and oxygen atoms in total. The predicted molar refractivity (Wildman–Crippen MR) is 109 cm³/mol. The lowest BCUT2D eigenvalue weighted by atomic mass is 10.0. The molecule has 1 saturated heterocycles. The third-order valence-electron chi connectivity index (χ3n) is 5.60. The van der Waals surface area contributed by atoms with Crippen LogP contribution in [0.5, 0.6) is 0 Å². The minimum atomic E-state index is -0.728. The van der Waals surface area contributed by atoms with E-state index in [1.54, 1.807) is 11.0 Å². The normalized spacial score (nSPS) is 19.4. The molecule has 0 bridgehead atoms. The second-order valence-corrected chi connectivity index (χ2v) is 8.13. The molecule has 1 aromatic carbocycles. The fraction of sp³-hybridized carbons (Fsp3) is 0.476. The highest BCUT2D eigenvalue weighted by Crippen LogP contribution is 2.23. The molecule has 2 aliphatic heterocycles. The van der Waals surface area contributed by atoms with Crippen molar-refractivity contribution >= 4 is 17.6 Å². The quantitative estimate of drug-likeness (QED) is 0.755. The third kappa shape index (κ3) is 4.71. The van der Waals surface area contributed by atoms with Crippen LogP contribution in [0.15, 0.2) is 24.4 Å². The number of halogens is 2. The Morgan fingerprint density at radius 2 is 2.33 bits per heavy atom. The zero-order valence-electron chi connectivity index (χ0n) is 16.5. The molecule has 9 heteroatoms. The third-order valence-corrected chi connectivity index (χ3v) is 5.91. The molecule has 0 spiro atoms. The Hall–Kier alpha value is -2.29. The van der Waals surface area contributed by atoms with Gasteiger partial charge in [0.15, 0.2) is 0 Å². The lowest BCUT2D eigenvalue weighted by molar-refractivity contribution is 0.176. The zero-order chi connectivity index (χ0) is 21.1. The van der Waals surface area contributed by atoms with Gasteiger partial charge in [-0.15, -0.1) is 0 Å². The van der Waals surface area contributed by atoms with Crippen molar-refractivity contribution in [3.63, 3.8) is 0 Å². The summed E-state index contributed by atoms with van der Waals surface area (Å²) in [6, 6.07) is 3.16. The maximum absolute atomic E-state index is 13.8. The van der Waals surface area contributed by atoms with Crippen molar-refractivity contribution in [2.75, 3.05) is 26.4 Å². The second kappa shape index (κ2) is 9.24. The largest absolute Gasteiger partial charge is 0.394 e. The lowest BCUT2D eigenvalue weighted by Gasteiger charge is -2.30. The van der Waals surface area contributed by atoms with Crippen LogP contribution in [0.2, 0.25) is 5.02 Å². The number of ether oxygens (including phenoxy) is 1. The van der Waals surface area contributed by atoms with Crippen LogP contribution in [0.1, 0.15) is 35.1 Å². The molecule has 0 aliphatic carbocycles. The number of nitrogens with zero attached hydrogens (tertiary/aromatic N) is 3. The molecule has 2 aromatic rings. The van der Waals surface area contributed by atoms with Crippen LogP contribution in [-0.4, -0.2) is 52.4 Å². The molecular formula is C21H24ClFN4O3. The summed E-state index contributed by atoms with van der Waals surface area (Å²) >= 11 is 5.72. The number of amides is 2. The van der Waals surface area contributed by atoms with E-state index in [9.17, 15) is 14.3 Å². The Morgan fingerprint density at radius 1 is 1.47 bits per heavy atom. The van der Waals surface area contributed by atoms with Crippen molar-refractivity contribution in [2.24, 2.45) is 5.92 Å². The van der Waals surface area contributed by atoms with Crippen LogP contribution < -0.4 is 5.32 Å². The maximum Gasteiger partial charge on any atom is 0.318 e. The fourth-order valence-electron chi connectivity index (χ4n) is 3.82. The smallest absolute Gasteiger partial charge is 0.318 e. The van der Waals surface area contributed by atoms with Gasteiger partial charge in [-0.2, -0.15) is 0 Å². The first kappa shape index (κ1) is 21.0. The van der Waals surface area contributed by atoms with Crippen molar-refractivity contribution in [3.8, 4) is 0 Å². The number of carbonyl (C=O) groups is 1. The number of urea groups is 1. The highest BCUT2D eigenvalue weighted by molar-refractivity contribution is 6.30. The minimum absolute atomic E-state index is 0.00550. The summed E-state index contributed by atoms with van der Waals surface area (Å²) in [6.45, 7) is 2.05. The van der Waals surface area contributed by atoms with Crippen molar-refractivity contribution in [2.45, 2.75) is 31.8 Å². The summed E-state index contributed by atoms with van der Waals surface area (Å²) < 4.78 is 19.2. The summed E-state index contributed by atoms with van der Waals surface area (Å²) in [5.41, 5.74) is 2.34. The monoisotopic (exact) mass is 434 g/mol. The molecule has 1 aromatic heterocycles. The Balaban J connectivity index is 1.42. The van der Waals surface area contributed by atoms with Crippen LogP contribution in [0.25, 0.3) is 0 Å². The average Bonchev–Trinajstić information content (AvgIpc) is 3.26. The lowest BCUT2D eigenvalue weighted by Crippen LogP contribution is -2.45. The van der Waals surface area contributed by atoms with Gasteiger partial charge in [-0.05, 0) is 42.0 Å². The molecule has 3 heterocycles. The van der Waals surface area contributed by atoms with Crippen LogP contribution in [0.3, 0.4) is 0 Å².